The van der Waals surface area contributed by atoms with E-state index in [0.29, 0.717) is 22.1 Å². The normalized spacial score (nSPS) is 16.3. The average molecular weight is 331 g/mol. The highest BCUT2D eigenvalue weighted by Crippen LogP contribution is 2.33. The summed E-state index contributed by atoms with van der Waals surface area (Å²) < 4.78 is 5.74. The summed E-state index contributed by atoms with van der Waals surface area (Å²) in [7, 11) is 0. The average Bonchev–Trinajstić information content (AvgIpc) is 2.55. The number of anilines is 2. The zero-order valence-corrected chi connectivity index (χ0v) is 13.2. The predicted molar refractivity (Wildman–Crippen MR) is 89.0 cm³/mol. The number of rotatable bonds is 2. The molecular weight excluding hydrogens is 316 g/mol. The molecule has 0 spiro atoms. The van der Waals surface area contributed by atoms with Gasteiger partial charge in [0.1, 0.15) is 5.75 Å². The van der Waals surface area contributed by atoms with Crippen LogP contribution >= 0.6 is 11.6 Å². The number of halogens is 1. The van der Waals surface area contributed by atoms with Crippen LogP contribution in [0.1, 0.15) is 6.92 Å². The number of hydrogen-bond donors (Lipinski definition) is 1. The summed E-state index contributed by atoms with van der Waals surface area (Å²) in [5.41, 5.74) is 1.30. The second kappa shape index (κ2) is 6.30. The van der Waals surface area contributed by atoms with E-state index in [1.54, 1.807) is 47.4 Å². The Morgan fingerprint density at radius 3 is 2.57 bits per heavy atom. The maximum Gasteiger partial charge on any atom is 0.267 e. The minimum absolute atomic E-state index is 0.134. The molecule has 1 atom stereocenters. The van der Waals surface area contributed by atoms with Crippen molar-refractivity contribution >= 4 is 34.8 Å². The lowest BCUT2D eigenvalue weighted by atomic mass is 10.1. The lowest BCUT2D eigenvalue weighted by Crippen LogP contribution is -2.48. The maximum absolute atomic E-state index is 12.4. The van der Waals surface area contributed by atoms with E-state index in [0.717, 1.165) is 0 Å². The van der Waals surface area contributed by atoms with Crippen molar-refractivity contribution in [2.24, 2.45) is 0 Å². The van der Waals surface area contributed by atoms with E-state index < -0.39 is 6.10 Å². The van der Waals surface area contributed by atoms with Crippen LogP contribution in [0.2, 0.25) is 5.02 Å². The van der Waals surface area contributed by atoms with Crippen molar-refractivity contribution in [2.75, 3.05) is 16.8 Å². The fourth-order valence-corrected chi connectivity index (χ4v) is 2.55. The first-order valence-electron chi connectivity index (χ1n) is 7.15. The SMILES string of the molecule is CC(=O)N1CC(C(=O)Nc2ccc(Cl)cc2)Oc2ccccc21. The van der Waals surface area contributed by atoms with Gasteiger partial charge in [-0.25, -0.2) is 0 Å². The maximum atomic E-state index is 12.4. The van der Waals surface area contributed by atoms with Gasteiger partial charge in [0.05, 0.1) is 12.2 Å². The molecule has 5 nitrogen and oxygen atoms in total. The second-order valence-corrected chi connectivity index (χ2v) is 5.64. The molecular formula is C17H15ClN2O3. The highest BCUT2D eigenvalue weighted by molar-refractivity contribution is 6.30. The third kappa shape index (κ3) is 3.29. The Bertz CT molecular complexity index is 746. The van der Waals surface area contributed by atoms with Crippen LogP contribution in [-0.2, 0) is 9.59 Å². The van der Waals surface area contributed by atoms with Crippen molar-refractivity contribution in [3.63, 3.8) is 0 Å². The number of hydrogen-bond acceptors (Lipinski definition) is 3. The summed E-state index contributed by atoms with van der Waals surface area (Å²) in [6.07, 6.45) is -0.774. The molecule has 1 aliphatic rings. The Labute approximate surface area is 138 Å². The molecule has 118 valence electrons. The molecule has 0 bridgehead atoms. The van der Waals surface area contributed by atoms with Crippen LogP contribution in [0.5, 0.6) is 5.75 Å². The van der Waals surface area contributed by atoms with Gasteiger partial charge >= 0.3 is 0 Å². The van der Waals surface area contributed by atoms with Gasteiger partial charge in [0.15, 0.2) is 6.10 Å². The molecule has 23 heavy (non-hydrogen) atoms. The summed E-state index contributed by atoms with van der Waals surface area (Å²) in [6.45, 7) is 1.64. The molecule has 1 heterocycles. The van der Waals surface area contributed by atoms with Gasteiger partial charge in [0.25, 0.3) is 5.91 Å². The van der Waals surface area contributed by atoms with Crippen molar-refractivity contribution in [3.8, 4) is 5.75 Å². The molecule has 6 heteroatoms. The molecule has 0 radical (unpaired) electrons. The topological polar surface area (TPSA) is 58.6 Å². The van der Waals surface area contributed by atoms with Crippen molar-refractivity contribution in [1.82, 2.24) is 0 Å². The first-order chi connectivity index (χ1) is 11.0. The van der Waals surface area contributed by atoms with Crippen LogP contribution < -0.4 is 15.0 Å². The fraction of sp³-hybridized carbons (Fsp3) is 0.176. The zero-order valence-electron chi connectivity index (χ0n) is 12.5. The van der Waals surface area contributed by atoms with Gasteiger partial charge in [-0.3, -0.25) is 9.59 Å². The van der Waals surface area contributed by atoms with Crippen molar-refractivity contribution < 1.29 is 14.3 Å². The molecule has 2 aromatic carbocycles. The van der Waals surface area contributed by atoms with Gasteiger partial charge in [-0.2, -0.15) is 0 Å². The number of fused-ring (bicyclic) bond motifs is 1. The second-order valence-electron chi connectivity index (χ2n) is 5.20. The summed E-state index contributed by atoms with van der Waals surface area (Å²) in [5, 5.41) is 3.36. The first-order valence-corrected chi connectivity index (χ1v) is 7.52. The van der Waals surface area contributed by atoms with E-state index in [1.165, 1.54) is 6.92 Å². The van der Waals surface area contributed by atoms with Crippen LogP contribution in [0.3, 0.4) is 0 Å². The molecule has 0 saturated heterocycles. The third-order valence-electron chi connectivity index (χ3n) is 3.56. The number of carbonyl (C=O) groups excluding carboxylic acids is 2. The monoisotopic (exact) mass is 330 g/mol. The molecule has 0 aliphatic carbocycles. The number of para-hydroxylation sites is 2. The van der Waals surface area contributed by atoms with E-state index in [4.69, 9.17) is 16.3 Å². The Morgan fingerprint density at radius 2 is 1.87 bits per heavy atom. The van der Waals surface area contributed by atoms with E-state index >= 15 is 0 Å². The fourth-order valence-electron chi connectivity index (χ4n) is 2.43. The molecule has 3 rings (SSSR count). The molecule has 1 aliphatic heterocycles. The van der Waals surface area contributed by atoms with Crippen LogP contribution in [0, 0.1) is 0 Å². The van der Waals surface area contributed by atoms with Crippen molar-refractivity contribution in [2.45, 2.75) is 13.0 Å². The third-order valence-corrected chi connectivity index (χ3v) is 3.81. The summed E-state index contributed by atoms with van der Waals surface area (Å²) in [4.78, 5) is 25.8. The zero-order chi connectivity index (χ0) is 16.4. The Balaban J connectivity index is 1.79. The van der Waals surface area contributed by atoms with Gasteiger partial charge in [0, 0.05) is 17.6 Å². The number of ether oxygens (including phenoxy) is 1. The quantitative estimate of drug-likeness (QED) is 0.920. The summed E-state index contributed by atoms with van der Waals surface area (Å²) in [6, 6.07) is 14.0. The molecule has 1 N–H and O–H groups in total. The Kier molecular flexibility index (Phi) is 4.21. The summed E-state index contributed by atoms with van der Waals surface area (Å²) in [5.74, 6) is 0.0725. The molecule has 0 saturated carbocycles. The molecule has 2 amide bonds. The number of nitrogens with zero attached hydrogens (tertiary/aromatic N) is 1. The van der Waals surface area contributed by atoms with Crippen molar-refractivity contribution in [3.05, 3.63) is 53.6 Å². The van der Waals surface area contributed by atoms with Crippen molar-refractivity contribution in [1.29, 1.82) is 0 Å². The number of nitrogens with one attached hydrogen (secondary N) is 1. The van der Waals surface area contributed by atoms with Crippen LogP contribution in [-0.4, -0.2) is 24.5 Å². The molecule has 2 aromatic rings. The number of amides is 2. The van der Waals surface area contributed by atoms with Crippen LogP contribution in [0.15, 0.2) is 48.5 Å². The van der Waals surface area contributed by atoms with E-state index in [1.807, 2.05) is 6.07 Å². The lowest BCUT2D eigenvalue weighted by Gasteiger charge is -2.33. The van der Waals surface area contributed by atoms with Gasteiger partial charge in [-0.05, 0) is 36.4 Å². The van der Waals surface area contributed by atoms with Gasteiger partial charge in [0.2, 0.25) is 5.91 Å². The number of carbonyl (C=O) groups is 2. The Hall–Kier alpha value is -2.53. The standard InChI is InChI=1S/C17H15ClN2O3/c1-11(21)20-10-16(23-15-5-3-2-4-14(15)20)17(22)19-13-8-6-12(18)7-9-13/h2-9,16H,10H2,1H3,(H,19,22). The predicted octanol–water partition coefficient (Wildman–Crippen LogP) is 3.09. The highest BCUT2D eigenvalue weighted by Gasteiger charge is 2.32. The molecule has 1 unspecified atom stereocenters. The minimum atomic E-state index is -0.774. The van der Waals surface area contributed by atoms with Gasteiger partial charge in [-0.15, -0.1) is 0 Å². The van der Waals surface area contributed by atoms with Gasteiger partial charge in [-0.1, -0.05) is 23.7 Å². The van der Waals surface area contributed by atoms with Crippen LogP contribution in [0.4, 0.5) is 11.4 Å². The van der Waals surface area contributed by atoms with E-state index in [9.17, 15) is 9.59 Å². The molecule has 0 aromatic heterocycles. The number of benzene rings is 2. The Morgan fingerprint density at radius 1 is 1.17 bits per heavy atom. The largest absolute Gasteiger partial charge is 0.476 e. The molecule has 0 fully saturated rings. The lowest BCUT2D eigenvalue weighted by molar-refractivity contribution is -0.123. The van der Waals surface area contributed by atoms with E-state index in [-0.39, 0.29) is 18.4 Å². The smallest absolute Gasteiger partial charge is 0.267 e. The van der Waals surface area contributed by atoms with Gasteiger partial charge < -0.3 is 15.0 Å². The minimum Gasteiger partial charge on any atom is -0.476 e. The first kappa shape index (κ1) is 15.4. The summed E-state index contributed by atoms with van der Waals surface area (Å²) >= 11 is 5.83. The highest BCUT2D eigenvalue weighted by atomic mass is 35.5. The van der Waals surface area contributed by atoms with E-state index in [2.05, 4.69) is 5.32 Å². The van der Waals surface area contributed by atoms with Crippen LogP contribution in [0.25, 0.3) is 0 Å².